The minimum absolute atomic E-state index is 0.0836. The average Bonchev–Trinajstić information content (AvgIpc) is 2.61. The van der Waals surface area contributed by atoms with Crippen molar-refractivity contribution in [1.82, 2.24) is 0 Å². The lowest BCUT2D eigenvalue weighted by Gasteiger charge is -2.09. The van der Waals surface area contributed by atoms with Gasteiger partial charge in [-0.3, -0.25) is 4.79 Å². The zero-order valence-corrected chi connectivity index (χ0v) is 16.8. The number of amides is 1. The van der Waals surface area contributed by atoms with Gasteiger partial charge in [0.1, 0.15) is 0 Å². The van der Waals surface area contributed by atoms with Gasteiger partial charge < -0.3 is 10.6 Å². The summed E-state index contributed by atoms with van der Waals surface area (Å²) in [5.41, 5.74) is 1.62. The summed E-state index contributed by atoms with van der Waals surface area (Å²) in [5.74, 6) is 0.0836. The van der Waals surface area contributed by atoms with Crippen molar-refractivity contribution in [1.29, 1.82) is 0 Å². The molecule has 0 bridgehead atoms. The van der Waals surface area contributed by atoms with Crippen molar-refractivity contribution in [2.45, 2.75) is 84.0 Å². The van der Waals surface area contributed by atoms with Crippen molar-refractivity contribution in [3.8, 4) is 0 Å². The van der Waals surface area contributed by atoms with E-state index in [2.05, 4.69) is 17.6 Å². The van der Waals surface area contributed by atoms with Crippen LogP contribution in [0.1, 0.15) is 84.0 Å². The van der Waals surface area contributed by atoms with Crippen LogP contribution >= 0.6 is 11.6 Å². The topological polar surface area (TPSA) is 41.1 Å². The Morgan fingerprint density at radius 2 is 1.48 bits per heavy atom. The Labute approximate surface area is 158 Å². The van der Waals surface area contributed by atoms with E-state index in [1.165, 1.54) is 57.8 Å². The molecular weight excluding hydrogens is 332 g/mol. The van der Waals surface area contributed by atoms with Gasteiger partial charge in [-0.2, -0.15) is 0 Å². The van der Waals surface area contributed by atoms with Gasteiger partial charge in [-0.1, -0.05) is 82.7 Å². The molecule has 0 atom stereocenters. The Hall–Kier alpha value is -1.22. The monoisotopic (exact) mass is 366 g/mol. The predicted molar refractivity (Wildman–Crippen MR) is 111 cm³/mol. The Morgan fingerprint density at radius 3 is 2.04 bits per heavy atom. The Bertz CT molecular complexity index is 491. The third-order valence-electron chi connectivity index (χ3n) is 4.53. The molecule has 0 unspecified atom stereocenters. The molecular formula is C21H35ClN2O. The summed E-state index contributed by atoms with van der Waals surface area (Å²) in [6, 6.07) is 5.49. The first-order chi connectivity index (χ1) is 12.2. The fourth-order valence-corrected chi connectivity index (χ4v) is 3.18. The van der Waals surface area contributed by atoms with Gasteiger partial charge >= 0.3 is 0 Å². The Balaban J connectivity index is 2.02. The van der Waals surface area contributed by atoms with Crippen LogP contribution in [0.4, 0.5) is 11.4 Å². The number of benzene rings is 1. The van der Waals surface area contributed by atoms with E-state index in [1.807, 2.05) is 19.2 Å². The number of anilines is 2. The lowest BCUT2D eigenvalue weighted by Crippen LogP contribution is -2.11. The summed E-state index contributed by atoms with van der Waals surface area (Å²) in [4.78, 5) is 12.0. The maximum Gasteiger partial charge on any atom is 0.224 e. The zero-order valence-electron chi connectivity index (χ0n) is 16.0. The number of unbranched alkanes of at least 4 members (excludes halogenated alkanes) is 10. The molecule has 0 aromatic heterocycles. The second-order valence-electron chi connectivity index (χ2n) is 6.78. The lowest BCUT2D eigenvalue weighted by molar-refractivity contribution is -0.116. The van der Waals surface area contributed by atoms with E-state index in [4.69, 9.17) is 11.6 Å². The van der Waals surface area contributed by atoms with E-state index < -0.39 is 0 Å². The molecule has 0 aliphatic carbocycles. The molecule has 0 spiro atoms. The smallest absolute Gasteiger partial charge is 0.224 e. The molecule has 25 heavy (non-hydrogen) atoms. The molecule has 0 aliphatic heterocycles. The fourth-order valence-electron chi connectivity index (χ4n) is 2.97. The molecule has 0 saturated heterocycles. The molecule has 3 nitrogen and oxygen atoms in total. The largest absolute Gasteiger partial charge is 0.387 e. The Kier molecular flexibility index (Phi) is 12.2. The third kappa shape index (κ3) is 10.4. The fraction of sp³-hybridized carbons (Fsp3) is 0.667. The van der Waals surface area contributed by atoms with E-state index >= 15 is 0 Å². The van der Waals surface area contributed by atoms with Crippen molar-refractivity contribution < 1.29 is 4.79 Å². The second-order valence-corrected chi connectivity index (χ2v) is 7.19. The van der Waals surface area contributed by atoms with Gasteiger partial charge in [0, 0.05) is 19.2 Å². The summed E-state index contributed by atoms with van der Waals surface area (Å²) in [6.45, 7) is 2.26. The van der Waals surface area contributed by atoms with Crippen molar-refractivity contribution in [2.75, 3.05) is 17.7 Å². The molecule has 1 rings (SSSR count). The molecule has 1 amide bonds. The molecule has 0 fully saturated rings. The maximum absolute atomic E-state index is 12.0. The molecule has 0 radical (unpaired) electrons. The van der Waals surface area contributed by atoms with Gasteiger partial charge in [0.15, 0.2) is 0 Å². The van der Waals surface area contributed by atoms with E-state index in [-0.39, 0.29) is 5.91 Å². The number of halogens is 1. The van der Waals surface area contributed by atoms with Crippen molar-refractivity contribution in [3.05, 3.63) is 23.2 Å². The van der Waals surface area contributed by atoms with Crippen LogP contribution in [-0.4, -0.2) is 13.0 Å². The summed E-state index contributed by atoms with van der Waals surface area (Å²) >= 11 is 6.04. The number of nitrogens with one attached hydrogen (secondary N) is 2. The van der Waals surface area contributed by atoms with Crippen LogP contribution in [0.15, 0.2) is 18.2 Å². The lowest BCUT2D eigenvalue weighted by atomic mass is 10.1. The number of hydrogen-bond acceptors (Lipinski definition) is 2. The van der Waals surface area contributed by atoms with E-state index in [0.29, 0.717) is 11.4 Å². The summed E-state index contributed by atoms with van der Waals surface area (Å²) in [6.07, 6.45) is 14.8. The molecule has 1 aromatic rings. The van der Waals surface area contributed by atoms with Gasteiger partial charge in [0.05, 0.1) is 10.7 Å². The minimum Gasteiger partial charge on any atom is -0.387 e. The molecule has 0 aliphatic rings. The van der Waals surface area contributed by atoms with Gasteiger partial charge in [-0.15, -0.1) is 0 Å². The molecule has 4 heteroatoms. The molecule has 1 aromatic carbocycles. The molecule has 142 valence electrons. The molecule has 2 N–H and O–H groups in total. The minimum atomic E-state index is 0.0836. The highest BCUT2D eigenvalue weighted by atomic mass is 35.5. The Morgan fingerprint density at radius 1 is 0.920 bits per heavy atom. The van der Waals surface area contributed by atoms with Crippen LogP contribution < -0.4 is 10.6 Å². The van der Waals surface area contributed by atoms with Gasteiger partial charge in [-0.25, -0.2) is 0 Å². The maximum atomic E-state index is 12.0. The van der Waals surface area contributed by atoms with Crippen LogP contribution in [-0.2, 0) is 4.79 Å². The second kappa shape index (κ2) is 14.0. The van der Waals surface area contributed by atoms with Crippen LogP contribution in [0.3, 0.4) is 0 Å². The SMILES string of the molecule is CCCCCCCCCCCCCC(=O)Nc1ccc(Cl)c(NC)c1. The third-order valence-corrected chi connectivity index (χ3v) is 4.86. The number of carbonyl (C=O) groups excluding carboxylic acids is 1. The van der Waals surface area contributed by atoms with Gasteiger partial charge in [0.2, 0.25) is 5.91 Å². The summed E-state index contributed by atoms with van der Waals surface area (Å²) in [7, 11) is 1.82. The normalized spacial score (nSPS) is 10.7. The zero-order chi connectivity index (χ0) is 18.3. The van der Waals surface area contributed by atoms with Crippen molar-refractivity contribution >= 4 is 28.9 Å². The first-order valence-corrected chi connectivity index (χ1v) is 10.3. The number of carbonyl (C=O) groups is 1. The van der Waals surface area contributed by atoms with Crippen LogP contribution in [0.25, 0.3) is 0 Å². The van der Waals surface area contributed by atoms with Crippen molar-refractivity contribution in [2.24, 2.45) is 0 Å². The van der Waals surface area contributed by atoms with E-state index in [0.717, 1.165) is 24.2 Å². The van der Waals surface area contributed by atoms with E-state index in [9.17, 15) is 4.79 Å². The van der Waals surface area contributed by atoms with Crippen LogP contribution in [0.2, 0.25) is 5.02 Å². The molecule has 0 saturated carbocycles. The predicted octanol–water partition coefficient (Wildman–Crippen LogP) is 7.02. The standard InChI is InChI=1S/C21H35ClN2O/c1-3-4-5-6-7-8-9-10-11-12-13-14-21(25)24-18-15-16-19(22)20(17-18)23-2/h15-17,23H,3-14H2,1-2H3,(H,24,25). The van der Waals surface area contributed by atoms with Crippen molar-refractivity contribution in [3.63, 3.8) is 0 Å². The van der Waals surface area contributed by atoms with E-state index in [1.54, 1.807) is 6.07 Å². The van der Waals surface area contributed by atoms with Gasteiger partial charge in [0.25, 0.3) is 0 Å². The van der Waals surface area contributed by atoms with Crippen LogP contribution in [0, 0.1) is 0 Å². The highest BCUT2D eigenvalue weighted by molar-refractivity contribution is 6.33. The summed E-state index contributed by atoms with van der Waals surface area (Å²) in [5, 5.41) is 6.62. The summed E-state index contributed by atoms with van der Waals surface area (Å²) < 4.78 is 0. The highest BCUT2D eigenvalue weighted by Crippen LogP contribution is 2.25. The average molecular weight is 367 g/mol. The quantitative estimate of drug-likeness (QED) is 0.347. The highest BCUT2D eigenvalue weighted by Gasteiger charge is 2.05. The number of hydrogen-bond donors (Lipinski definition) is 2. The first-order valence-electron chi connectivity index (χ1n) is 9.94. The van der Waals surface area contributed by atoms with Crippen LogP contribution in [0.5, 0.6) is 0 Å². The first kappa shape index (κ1) is 21.8. The molecule has 0 heterocycles. The van der Waals surface area contributed by atoms with Gasteiger partial charge in [-0.05, 0) is 24.6 Å². The number of rotatable bonds is 14.